The minimum absolute atomic E-state index is 0.0198. The Morgan fingerprint density at radius 3 is 2.07 bits per heavy atom. The first-order valence-electron chi connectivity index (χ1n) is 4.24. The quantitative estimate of drug-likeness (QED) is 0.552. The van der Waals surface area contributed by atoms with Crippen LogP contribution >= 0.6 is 33.2 Å². The van der Waals surface area contributed by atoms with Crippen molar-refractivity contribution in [1.29, 1.82) is 0 Å². The fourth-order valence-electron chi connectivity index (χ4n) is 1.11. The van der Waals surface area contributed by atoms with E-state index in [4.69, 9.17) is 33.2 Å². The van der Waals surface area contributed by atoms with Crippen LogP contribution in [0.1, 0.15) is 23.6 Å². The lowest BCUT2D eigenvalue weighted by Gasteiger charge is -2.17. The third-order valence-electron chi connectivity index (χ3n) is 2.16. The van der Waals surface area contributed by atoms with Crippen LogP contribution in [0.4, 0.5) is 0 Å². The number of halogens is 3. The Hall–Kier alpha value is 0.0469. The van der Waals surface area contributed by atoms with E-state index in [1.807, 2.05) is 31.2 Å². The predicted octanol–water partition coefficient (Wildman–Crippen LogP) is 4.63. The molecule has 1 aromatic carbocycles. The van der Waals surface area contributed by atoms with Crippen molar-refractivity contribution in [2.24, 2.45) is 0 Å². The van der Waals surface area contributed by atoms with Gasteiger partial charge in [0.2, 0.25) is 0 Å². The lowest BCUT2D eigenvalue weighted by Crippen LogP contribution is -2.20. The Labute approximate surface area is 99.6 Å². The fraction of sp³-hybridized carbons (Fsp3) is 0.200. The molecule has 0 aliphatic heterocycles. The first-order chi connectivity index (χ1) is 6.45. The molecular weight excluding hydrogens is 255 g/mol. The molecule has 0 fully saturated rings. The highest BCUT2D eigenvalue weighted by atomic mass is 35.8. The summed E-state index contributed by atoms with van der Waals surface area (Å²) in [6, 6.07) is 5.28. The summed E-state index contributed by atoms with van der Waals surface area (Å²) in [4.78, 5) is 0. The van der Waals surface area contributed by atoms with E-state index >= 15 is 0 Å². The van der Waals surface area contributed by atoms with Gasteiger partial charge < -0.3 is 0 Å². The van der Waals surface area contributed by atoms with Gasteiger partial charge in [0.15, 0.2) is 0 Å². The average Bonchev–Trinajstić information content (AvgIpc) is 2.15. The molecule has 0 radical (unpaired) electrons. The van der Waals surface area contributed by atoms with Crippen LogP contribution < -0.4 is 0 Å². The summed E-state index contributed by atoms with van der Waals surface area (Å²) in [6.07, 6.45) is 1.79. The number of hydrogen-bond acceptors (Lipinski definition) is 0. The van der Waals surface area contributed by atoms with E-state index in [0.717, 1.165) is 11.1 Å². The molecule has 0 aliphatic rings. The van der Waals surface area contributed by atoms with Gasteiger partial charge in [-0.25, -0.2) is 0 Å². The Bertz CT molecular complexity index is 313. The van der Waals surface area contributed by atoms with E-state index in [1.165, 1.54) is 0 Å². The molecule has 0 heterocycles. The van der Waals surface area contributed by atoms with Gasteiger partial charge >= 0.3 is 6.00 Å². The summed E-state index contributed by atoms with van der Waals surface area (Å²) in [5, 5.41) is 0. The van der Waals surface area contributed by atoms with E-state index in [1.54, 1.807) is 6.08 Å². The van der Waals surface area contributed by atoms with Gasteiger partial charge in [0.1, 0.15) is 0 Å². The standard InChI is InChI=1S/C10H11Cl3Si/c1-3-9-4-6-10(7-5-9)8(2)14(11,12)13/h3-8H,1H2,2H3. The molecule has 0 saturated heterocycles. The molecule has 1 atom stereocenters. The highest BCUT2D eigenvalue weighted by molar-refractivity contribution is 7.65. The van der Waals surface area contributed by atoms with Gasteiger partial charge in [-0.15, -0.1) is 33.2 Å². The third-order valence-corrected chi connectivity index (χ3v) is 6.42. The molecule has 0 amide bonds. The summed E-state index contributed by atoms with van der Waals surface area (Å²) in [5.74, 6) is 0. The number of hydrogen-bond donors (Lipinski definition) is 0. The molecule has 76 valence electrons. The largest absolute Gasteiger partial charge is 0.348 e. The van der Waals surface area contributed by atoms with E-state index in [2.05, 4.69) is 6.58 Å². The summed E-state index contributed by atoms with van der Waals surface area (Å²) in [5.41, 5.74) is 2.17. The summed E-state index contributed by atoms with van der Waals surface area (Å²) in [6.45, 7) is 5.63. The Balaban J connectivity index is 2.92. The maximum atomic E-state index is 5.94. The first-order valence-corrected chi connectivity index (χ1v) is 9.35. The molecule has 1 aromatic rings. The van der Waals surface area contributed by atoms with Gasteiger partial charge in [0.05, 0.1) is 0 Å². The van der Waals surface area contributed by atoms with Gasteiger partial charge in [0.25, 0.3) is 0 Å². The fourth-order valence-corrected chi connectivity index (χ4v) is 2.81. The highest BCUT2D eigenvalue weighted by Crippen LogP contribution is 2.36. The smallest absolute Gasteiger partial charge is 0.125 e. The predicted molar refractivity (Wildman–Crippen MR) is 68.3 cm³/mol. The lowest BCUT2D eigenvalue weighted by atomic mass is 10.1. The van der Waals surface area contributed by atoms with Gasteiger partial charge in [-0.2, -0.15) is 0 Å². The van der Waals surface area contributed by atoms with Crippen LogP contribution in [-0.2, 0) is 0 Å². The normalized spacial score (nSPS) is 13.7. The number of rotatable bonds is 3. The zero-order valence-electron chi connectivity index (χ0n) is 7.81. The minimum atomic E-state index is -2.64. The lowest BCUT2D eigenvalue weighted by molar-refractivity contribution is 1.07. The van der Waals surface area contributed by atoms with Crippen molar-refractivity contribution in [3.8, 4) is 0 Å². The second-order valence-electron chi connectivity index (χ2n) is 3.13. The SMILES string of the molecule is C=Cc1ccc(C(C)[Si](Cl)(Cl)Cl)cc1. The maximum Gasteiger partial charge on any atom is 0.348 e. The van der Waals surface area contributed by atoms with Crippen molar-refractivity contribution in [3.63, 3.8) is 0 Å². The number of benzene rings is 1. The van der Waals surface area contributed by atoms with Gasteiger partial charge in [-0.05, 0) is 11.1 Å². The van der Waals surface area contributed by atoms with E-state index in [0.29, 0.717) is 0 Å². The molecule has 0 spiro atoms. The topological polar surface area (TPSA) is 0 Å². The van der Waals surface area contributed by atoms with Crippen molar-refractivity contribution in [3.05, 3.63) is 42.0 Å². The second-order valence-corrected chi connectivity index (χ2v) is 12.2. The summed E-state index contributed by atoms with van der Waals surface area (Å²) < 4.78 is 0. The average molecular weight is 266 g/mol. The zero-order chi connectivity index (χ0) is 10.8. The van der Waals surface area contributed by atoms with E-state index < -0.39 is 6.00 Å². The molecule has 1 rings (SSSR count). The van der Waals surface area contributed by atoms with Crippen molar-refractivity contribution in [1.82, 2.24) is 0 Å². The van der Waals surface area contributed by atoms with Crippen LogP contribution in [0.3, 0.4) is 0 Å². The molecule has 0 saturated carbocycles. The molecule has 0 aliphatic carbocycles. The van der Waals surface area contributed by atoms with Crippen molar-refractivity contribution in [2.75, 3.05) is 0 Å². The van der Waals surface area contributed by atoms with E-state index in [-0.39, 0.29) is 5.54 Å². The van der Waals surface area contributed by atoms with Crippen molar-refractivity contribution >= 4 is 45.3 Å². The molecule has 4 heteroatoms. The minimum Gasteiger partial charge on any atom is -0.125 e. The van der Waals surface area contributed by atoms with Crippen LogP contribution in [0.15, 0.2) is 30.8 Å². The third kappa shape index (κ3) is 3.02. The van der Waals surface area contributed by atoms with Crippen LogP contribution in [0, 0.1) is 0 Å². The van der Waals surface area contributed by atoms with E-state index in [9.17, 15) is 0 Å². The van der Waals surface area contributed by atoms with Crippen LogP contribution in [0.2, 0.25) is 0 Å². The summed E-state index contributed by atoms with van der Waals surface area (Å²) >= 11 is 17.8. The Morgan fingerprint density at radius 2 is 1.71 bits per heavy atom. The molecule has 0 N–H and O–H groups in total. The monoisotopic (exact) mass is 264 g/mol. The van der Waals surface area contributed by atoms with Crippen LogP contribution in [0.25, 0.3) is 6.08 Å². The Morgan fingerprint density at radius 1 is 1.21 bits per heavy atom. The van der Waals surface area contributed by atoms with Gasteiger partial charge in [0, 0.05) is 5.54 Å². The molecular formula is C10H11Cl3Si. The molecule has 14 heavy (non-hydrogen) atoms. The Kier molecular flexibility index (Phi) is 4.08. The first kappa shape index (κ1) is 12.1. The maximum absolute atomic E-state index is 5.94. The zero-order valence-corrected chi connectivity index (χ0v) is 11.1. The van der Waals surface area contributed by atoms with Crippen molar-refractivity contribution < 1.29 is 0 Å². The summed E-state index contributed by atoms with van der Waals surface area (Å²) in [7, 11) is 0. The molecule has 0 nitrogen and oxygen atoms in total. The highest BCUT2D eigenvalue weighted by Gasteiger charge is 2.34. The van der Waals surface area contributed by atoms with Gasteiger partial charge in [-0.1, -0.05) is 43.8 Å². The molecule has 1 unspecified atom stereocenters. The molecule has 0 aromatic heterocycles. The van der Waals surface area contributed by atoms with Gasteiger partial charge in [-0.3, -0.25) is 0 Å². The van der Waals surface area contributed by atoms with Crippen LogP contribution in [-0.4, -0.2) is 6.00 Å². The molecule has 0 bridgehead atoms. The van der Waals surface area contributed by atoms with Crippen LogP contribution in [0.5, 0.6) is 0 Å². The van der Waals surface area contributed by atoms with Crippen molar-refractivity contribution in [2.45, 2.75) is 12.5 Å². The second kappa shape index (κ2) is 4.71.